The lowest BCUT2D eigenvalue weighted by molar-refractivity contribution is -0.309. The van der Waals surface area contributed by atoms with E-state index in [2.05, 4.69) is 0 Å². The average molecular weight is 221 g/mol. The van der Waals surface area contributed by atoms with Gasteiger partial charge in [-0.3, -0.25) is 4.79 Å². The number of ketones is 1. The molecule has 0 saturated heterocycles. The van der Waals surface area contributed by atoms with E-state index < -0.39 is 17.7 Å². The zero-order valence-electron chi connectivity index (χ0n) is 9.23. The van der Waals surface area contributed by atoms with Gasteiger partial charge in [-0.05, 0) is 18.6 Å². The van der Waals surface area contributed by atoms with Crippen molar-refractivity contribution in [2.24, 2.45) is 5.92 Å². The van der Waals surface area contributed by atoms with Crippen LogP contribution in [0.15, 0.2) is 24.3 Å². The van der Waals surface area contributed by atoms with Gasteiger partial charge in [0.2, 0.25) is 0 Å². The molecule has 0 N–H and O–H groups in total. The largest absolute Gasteiger partial charge is 0.549 e. The molecule has 0 aliphatic carbocycles. The molecule has 1 aromatic rings. The highest BCUT2D eigenvalue weighted by Gasteiger charge is 2.19. The first-order chi connectivity index (χ1) is 7.60. The third-order valence-electron chi connectivity index (χ3n) is 2.36. The number of carboxylic acids is 1. The normalized spacial score (nSPS) is 11.9. The van der Waals surface area contributed by atoms with Gasteiger partial charge in [0.15, 0.2) is 5.78 Å². The molecule has 1 aromatic carbocycles. The Kier molecular flexibility index (Phi) is 4.05. The highest BCUT2D eigenvalue weighted by Crippen LogP contribution is 2.17. The number of rotatable bonds is 5. The van der Waals surface area contributed by atoms with Crippen LogP contribution in [0.4, 0.5) is 0 Å². The molecule has 1 unspecified atom stereocenters. The predicted octanol–water partition coefficient (Wildman–Crippen LogP) is 0.654. The Morgan fingerprint density at radius 2 is 2.12 bits per heavy atom. The van der Waals surface area contributed by atoms with E-state index in [0.29, 0.717) is 11.3 Å². The quantitative estimate of drug-likeness (QED) is 0.541. The molecule has 0 spiro atoms. The Morgan fingerprint density at radius 3 is 2.62 bits per heavy atom. The maximum absolute atomic E-state index is 11.8. The third kappa shape index (κ3) is 2.59. The van der Waals surface area contributed by atoms with E-state index in [1.807, 2.05) is 0 Å². The van der Waals surface area contributed by atoms with Gasteiger partial charge >= 0.3 is 0 Å². The summed E-state index contributed by atoms with van der Waals surface area (Å²) in [7, 11) is 1.49. The summed E-state index contributed by atoms with van der Waals surface area (Å²) in [6.07, 6.45) is 0.221. The van der Waals surface area contributed by atoms with E-state index in [-0.39, 0.29) is 6.42 Å². The van der Waals surface area contributed by atoms with Crippen LogP contribution in [0.25, 0.3) is 0 Å². The van der Waals surface area contributed by atoms with Crippen LogP contribution in [0, 0.1) is 5.92 Å². The lowest BCUT2D eigenvalue weighted by Crippen LogP contribution is -2.36. The smallest absolute Gasteiger partial charge is 0.171 e. The van der Waals surface area contributed by atoms with Crippen molar-refractivity contribution in [1.82, 2.24) is 0 Å². The average Bonchev–Trinajstić information content (AvgIpc) is 2.29. The van der Waals surface area contributed by atoms with Gasteiger partial charge < -0.3 is 14.6 Å². The number of ether oxygens (including phenoxy) is 1. The molecular formula is C12H13O4-. The van der Waals surface area contributed by atoms with Crippen molar-refractivity contribution in [1.29, 1.82) is 0 Å². The molecule has 0 bridgehead atoms. The SMILES string of the molecule is CCC(C(=O)[O-])C(=O)c1cccc(OC)c1. The number of aliphatic carboxylic acids is 1. The second kappa shape index (κ2) is 5.30. The fourth-order valence-corrected chi connectivity index (χ4v) is 1.44. The molecule has 0 aromatic heterocycles. The Bertz CT molecular complexity index is 398. The summed E-state index contributed by atoms with van der Waals surface area (Å²) in [5, 5.41) is 10.7. The second-order valence-electron chi connectivity index (χ2n) is 3.38. The highest BCUT2D eigenvalue weighted by molar-refractivity contribution is 6.07. The molecule has 0 aliphatic heterocycles. The third-order valence-corrected chi connectivity index (χ3v) is 2.36. The van der Waals surface area contributed by atoms with E-state index in [0.717, 1.165) is 0 Å². The maximum atomic E-state index is 11.8. The van der Waals surface area contributed by atoms with Gasteiger partial charge in [-0.25, -0.2) is 0 Å². The van der Waals surface area contributed by atoms with Crippen molar-refractivity contribution in [3.05, 3.63) is 29.8 Å². The minimum atomic E-state index is -1.34. The second-order valence-corrected chi connectivity index (χ2v) is 3.38. The Balaban J connectivity index is 2.98. The van der Waals surface area contributed by atoms with Gasteiger partial charge in [-0.2, -0.15) is 0 Å². The van der Waals surface area contributed by atoms with E-state index in [9.17, 15) is 14.7 Å². The number of hydrogen-bond acceptors (Lipinski definition) is 4. The molecule has 0 radical (unpaired) electrons. The van der Waals surface area contributed by atoms with Crippen LogP contribution >= 0.6 is 0 Å². The number of carboxylic acid groups (broad SMARTS) is 1. The van der Waals surface area contributed by atoms with E-state index >= 15 is 0 Å². The van der Waals surface area contributed by atoms with E-state index in [1.54, 1.807) is 25.1 Å². The van der Waals surface area contributed by atoms with Gasteiger partial charge in [0.25, 0.3) is 0 Å². The Labute approximate surface area is 93.9 Å². The van der Waals surface area contributed by atoms with E-state index in [4.69, 9.17) is 4.74 Å². The first-order valence-electron chi connectivity index (χ1n) is 4.99. The molecular weight excluding hydrogens is 208 g/mol. The summed E-state index contributed by atoms with van der Waals surface area (Å²) < 4.78 is 4.96. The van der Waals surface area contributed by atoms with Gasteiger partial charge in [0.05, 0.1) is 19.0 Å². The predicted molar refractivity (Wildman–Crippen MR) is 56.1 cm³/mol. The lowest BCUT2D eigenvalue weighted by atomic mass is 9.95. The van der Waals surface area contributed by atoms with Crippen LogP contribution < -0.4 is 9.84 Å². The van der Waals surface area contributed by atoms with Crippen molar-refractivity contribution >= 4 is 11.8 Å². The maximum Gasteiger partial charge on any atom is 0.171 e. The fourth-order valence-electron chi connectivity index (χ4n) is 1.44. The summed E-state index contributed by atoms with van der Waals surface area (Å²) >= 11 is 0. The van der Waals surface area contributed by atoms with Crippen molar-refractivity contribution in [2.75, 3.05) is 7.11 Å². The zero-order valence-corrected chi connectivity index (χ0v) is 9.23. The molecule has 4 nitrogen and oxygen atoms in total. The van der Waals surface area contributed by atoms with Crippen LogP contribution in [-0.4, -0.2) is 18.9 Å². The number of Topliss-reactive ketones (excluding diaryl/α,β-unsaturated/α-hetero) is 1. The van der Waals surface area contributed by atoms with Crippen molar-refractivity contribution < 1.29 is 19.4 Å². The topological polar surface area (TPSA) is 66.4 Å². The monoisotopic (exact) mass is 221 g/mol. The van der Waals surface area contributed by atoms with Gasteiger partial charge in [0, 0.05) is 5.56 Å². The van der Waals surface area contributed by atoms with Crippen molar-refractivity contribution in [3.63, 3.8) is 0 Å². The molecule has 0 fully saturated rings. The molecule has 1 atom stereocenters. The minimum absolute atomic E-state index is 0.221. The number of methoxy groups -OCH3 is 1. The number of carbonyl (C=O) groups is 2. The van der Waals surface area contributed by atoms with Crippen molar-refractivity contribution in [3.8, 4) is 5.75 Å². The van der Waals surface area contributed by atoms with Gasteiger partial charge in [0.1, 0.15) is 5.75 Å². The van der Waals surface area contributed by atoms with Crippen LogP contribution in [-0.2, 0) is 4.79 Å². The number of benzene rings is 1. The first-order valence-corrected chi connectivity index (χ1v) is 4.99. The summed E-state index contributed by atoms with van der Waals surface area (Å²) in [6, 6.07) is 6.43. The molecule has 0 heterocycles. The van der Waals surface area contributed by atoms with Crippen molar-refractivity contribution in [2.45, 2.75) is 13.3 Å². The molecule has 0 saturated carbocycles. The van der Waals surface area contributed by atoms with Gasteiger partial charge in [-0.1, -0.05) is 19.1 Å². The van der Waals surface area contributed by atoms with Crippen LogP contribution in [0.2, 0.25) is 0 Å². The fraction of sp³-hybridized carbons (Fsp3) is 0.333. The summed E-state index contributed by atoms with van der Waals surface area (Å²) in [4.78, 5) is 22.5. The molecule has 0 aliphatic rings. The molecule has 4 heteroatoms. The van der Waals surface area contributed by atoms with E-state index in [1.165, 1.54) is 13.2 Å². The van der Waals surface area contributed by atoms with Gasteiger partial charge in [-0.15, -0.1) is 0 Å². The summed E-state index contributed by atoms with van der Waals surface area (Å²) in [6.45, 7) is 1.64. The Morgan fingerprint density at radius 1 is 1.44 bits per heavy atom. The summed E-state index contributed by atoms with van der Waals surface area (Å²) in [5.41, 5.74) is 0.329. The zero-order chi connectivity index (χ0) is 12.1. The molecule has 1 rings (SSSR count). The standard InChI is InChI=1S/C12H14O4/c1-3-10(12(14)15)11(13)8-5-4-6-9(7-8)16-2/h4-7,10H,3H2,1-2H3,(H,14,15)/p-1. The Hall–Kier alpha value is -1.84. The first kappa shape index (κ1) is 12.2. The molecule has 16 heavy (non-hydrogen) atoms. The van der Waals surface area contributed by atoms with Crippen LogP contribution in [0.5, 0.6) is 5.75 Å². The number of carbonyl (C=O) groups excluding carboxylic acids is 2. The molecule has 86 valence electrons. The highest BCUT2D eigenvalue weighted by atomic mass is 16.5. The summed E-state index contributed by atoms with van der Waals surface area (Å²) in [5.74, 6) is -2.34. The number of hydrogen-bond donors (Lipinski definition) is 0. The minimum Gasteiger partial charge on any atom is -0.549 e. The molecule has 0 amide bonds. The van der Waals surface area contributed by atoms with Crippen LogP contribution in [0.3, 0.4) is 0 Å². The lowest BCUT2D eigenvalue weighted by Gasteiger charge is -2.14. The van der Waals surface area contributed by atoms with Crippen LogP contribution in [0.1, 0.15) is 23.7 Å².